The zero-order chi connectivity index (χ0) is 18.0. The second kappa shape index (κ2) is 6.81. The summed E-state index contributed by atoms with van der Waals surface area (Å²) in [5.74, 6) is 0.631. The topological polar surface area (TPSA) is 49.2 Å². The van der Waals surface area contributed by atoms with Crippen molar-refractivity contribution >= 4 is 17.4 Å². The molecule has 0 amide bonds. The fraction of sp³-hybridized carbons (Fsp3) is 0.294. The molecule has 1 aromatic heterocycles. The Morgan fingerprint density at radius 2 is 2.08 bits per heavy atom. The Labute approximate surface area is 147 Å². The van der Waals surface area contributed by atoms with Crippen LogP contribution in [0.4, 0.5) is 19.0 Å². The molecule has 8 heteroatoms. The lowest BCUT2D eigenvalue weighted by Crippen LogP contribution is -2.26. The first-order valence-electron chi connectivity index (χ1n) is 7.52. The number of halogens is 4. The molecule has 4 nitrogen and oxygen atoms in total. The van der Waals surface area contributed by atoms with Crippen molar-refractivity contribution in [3.05, 3.63) is 52.7 Å². The van der Waals surface area contributed by atoms with Crippen LogP contribution in [0.5, 0.6) is 5.75 Å². The molecule has 0 aliphatic carbocycles. The normalized spacial score (nSPS) is 17.4. The van der Waals surface area contributed by atoms with Gasteiger partial charge in [0.15, 0.2) is 0 Å². The number of anilines is 1. The van der Waals surface area contributed by atoms with E-state index in [4.69, 9.17) is 21.6 Å². The lowest BCUT2D eigenvalue weighted by atomic mass is 10.2. The minimum atomic E-state index is -4.56. The van der Waals surface area contributed by atoms with Gasteiger partial charge in [0.2, 0.25) is 0 Å². The van der Waals surface area contributed by atoms with E-state index in [-0.39, 0.29) is 17.5 Å². The zero-order valence-electron chi connectivity index (χ0n) is 12.9. The molecule has 1 saturated heterocycles. The Morgan fingerprint density at radius 1 is 1.28 bits per heavy atom. The number of pyridine rings is 1. The number of rotatable bonds is 3. The molecule has 25 heavy (non-hydrogen) atoms. The van der Waals surface area contributed by atoms with Crippen molar-refractivity contribution in [1.82, 2.24) is 4.98 Å². The van der Waals surface area contributed by atoms with Crippen LogP contribution in [0.2, 0.25) is 5.02 Å². The highest BCUT2D eigenvalue weighted by Gasteiger charge is 2.35. The Bertz CT molecular complexity index is 820. The monoisotopic (exact) mass is 367 g/mol. The molecule has 130 valence electrons. The highest BCUT2D eigenvalue weighted by Crippen LogP contribution is 2.32. The average Bonchev–Trinajstić information content (AvgIpc) is 3.01. The lowest BCUT2D eigenvalue weighted by Gasteiger charge is -2.20. The van der Waals surface area contributed by atoms with Crippen LogP contribution in [0, 0.1) is 11.3 Å². The van der Waals surface area contributed by atoms with E-state index in [2.05, 4.69) is 4.98 Å². The molecular weight excluding hydrogens is 355 g/mol. The van der Waals surface area contributed by atoms with E-state index in [0.29, 0.717) is 30.3 Å². The number of ether oxygens (including phenoxy) is 1. The number of aromatic nitrogens is 1. The third-order valence-corrected chi connectivity index (χ3v) is 4.06. The fourth-order valence-corrected chi connectivity index (χ4v) is 2.86. The molecule has 1 atom stereocenters. The molecule has 0 bridgehead atoms. The quantitative estimate of drug-likeness (QED) is 0.812. The Kier molecular flexibility index (Phi) is 4.73. The lowest BCUT2D eigenvalue weighted by molar-refractivity contribution is -0.141. The number of alkyl halides is 3. The van der Waals surface area contributed by atoms with Gasteiger partial charge in [0.05, 0.1) is 12.1 Å². The highest BCUT2D eigenvalue weighted by molar-refractivity contribution is 6.30. The molecule has 0 spiro atoms. The summed E-state index contributed by atoms with van der Waals surface area (Å²) in [5.41, 5.74) is -0.905. The Balaban J connectivity index is 1.78. The number of hydrogen-bond acceptors (Lipinski definition) is 4. The summed E-state index contributed by atoms with van der Waals surface area (Å²) in [6, 6.07) is 10.8. The van der Waals surface area contributed by atoms with Gasteiger partial charge in [-0.3, -0.25) is 0 Å². The minimum absolute atomic E-state index is 0.0366. The summed E-state index contributed by atoms with van der Waals surface area (Å²) >= 11 is 5.91. The molecule has 2 aromatic rings. The van der Waals surface area contributed by atoms with Crippen LogP contribution in [0.15, 0.2) is 36.4 Å². The Hall–Kier alpha value is -2.46. The molecular formula is C17H13ClF3N3O. The molecule has 2 heterocycles. The first kappa shape index (κ1) is 17.4. The van der Waals surface area contributed by atoms with Crippen LogP contribution in [-0.4, -0.2) is 24.2 Å². The summed E-state index contributed by atoms with van der Waals surface area (Å²) in [6.45, 7) is 0.795. The van der Waals surface area contributed by atoms with Crippen LogP contribution in [0.25, 0.3) is 0 Å². The van der Waals surface area contributed by atoms with E-state index in [1.165, 1.54) is 0 Å². The van der Waals surface area contributed by atoms with Crippen LogP contribution >= 0.6 is 11.6 Å². The smallest absolute Gasteiger partial charge is 0.433 e. The molecule has 0 radical (unpaired) electrons. The summed E-state index contributed by atoms with van der Waals surface area (Å²) in [6.07, 6.45) is -4.17. The van der Waals surface area contributed by atoms with Gasteiger partial charge in [0.1, 0.15) is 29.4 Å². The van der Waals surface area contributed by atoms with E-state index in [0.717, 1.165) is 12.1 Å². The summed E-state index contributed by atoms with van der Waals surface area (Å²) in [4.78, 5) is 5.30. The van der Waals surface area contributed by atoms with Gasteiger partial charge in [0.25, 0.3) is 0 Å². The SMILES string of the molecule is N#Cc1ccc(C(F)(F)F)nc1N1CCC(Oc2cccc(Cl)c2)C1. The van der Waals surface area contributed by atoms with Crippen LogP contribution in [-0.2, 0) is 6.18 Å². The molecule has 1 aromatic carbocycles. The molecule has 0 saturated carbocycles. The maximum absolute atomic E-state index is 12.9. The van der Waals surface area contributed by atoms with Crippen molar-refractivity contribution in [1.29, 1.82) is 5.26 Å². The maximum atomic E-state index is 12.9. The summed E-state index contributed by atoms with van der Waals surface area (Å²) in [7, 11) is 0. The average molecular weight is 368 g/mol. The fourth-order valence-electron chi connectivity index (χ4n) is 2.68. The van der Waals surface area contributed by atoms with Crippen molar-refractivity contribution in [2.24, 2.45) is 0 Å². The number of hydrogen-bond donors (Lipinski definition) is 0. The first-order valence-corrected chi connectivity index (χ1v) is 7.90. The largest absolute Gasteiger partial charge is 0.488 e. The number of nitriles is 1. The van der Waals surface area contributed by atoms with Crippen molar-refractivity contribution < 1.29 is 17.9 Å². The highest BCUT2D eigenvalue weighted by atomic mass is 35.5. The van der Waals surface area contributed by atoms with Gasteiger partial charge in [-0.05, 0) is 30.3 Å². The van der Waals surface area contributed by atoms with Gasteiger partial charge < -0.3 is 9.64 Å². The van der Waals surface area contributed by atoms with Gasteiger partial charge in [-0.1, -0.05) is 17.7 Å². The molecule has 1 unspecified atom stereocenters. The molecule has 1 fully saturated rings. The third kappa shape index (κ3) is 3.97. The van der Waals surface area contributed by atoms with E-state index >= 15 is 0 Å². The van der Waals surface area contributed by atoms with Gasteiger partial charge >= 0.3 is 6.18 Å². The first-order chi connectivity index (χ1) is 11.9. The van der Waals surface area contributed by atoms with E-state index in [1.807, 2.05) is 6.07 Å². The number of benzene rings is 1. The van der Waals surface area contributed by atoms with Gasteiger partial charge in [0, 0.05) is 18.0 Å². The second-order valence-electron chi connectivity index (χ2n) is 5.61. The van der Waals surface area contributed by atoms with Crippen LogP contribution in [0.3, 0.4) is 0 Å². The number of nitrogens with zero attached hydrogens (tertiary/aromatic N) is 3. The molecule has 3 rings (SSSR count). The van der Waals surface area contributed by atoms with E-state index < -0.39 is 11.9 Å². The summed E-state index contributed by atoms with van der Waals surface area (Å²) < 4.78 is 44.5. The van der Waals surface area contributed by atoms with Gasteiger partial charge in [-0.2, -0.15) is 18.4 Å². The van der Waals surface area contributed by atoms with Gasteiger partial charge in [-0.15, -0.1) is 0 Å². The molecule has 1 aliphatic heterocycles. The third-order valence-electron chi connectivity index (χ3n) is 3.83. The molecule has 0 N–H and O–H groups in total. The van der Waals surface area contributed by atoms with Crippen molar-refractivity contribution in [2.75, 3.05) is 18.0 Å². The molecule has 1 aliphatic rings. The predicted molar refractivity (Wildman–Crippen MR) is 86.7 cm³/mol. The van der Waals surface area contributed by atoms with Gasteiger partial charge in [-0.25, -0.2) is 4.98 Å². The predicted octanol–water partition coefficient (Wildman–Crippen LogP) is 4.28. The van der Waals surface area contributed by atoms with Crippen molar-refractivity contribution in [3.63, 3.8) is 0 Å². The summed E-state index contributed by atoms with van der Waals surface area (Å²) in [5, 5.41) is 9.70. The second-order valence-corrected chi connectivity index (χ2v) is 6.05. The van der Waals surface area contributed by atoms with Crippen molar-refractivity contribution in [3.8, 4) is 11.8 Å². The minimum Gasteiger partial charge on any atom is -0.488 e. The maximum Gasteiger partial charge on any atom is 0.433 e. The van der Waals surface area contributed by atoms with Crippen molar-refractivity contribution in [2.45, 2.75) is 18.7 Å². The van der Waals surface area contributed by atoms with E-state index in [9.17, 15) is 13.2 Å². The van der Waals surface area contributed by atoms with Crippen LogP contribution < -0.4 is 9.64 Å². The Morgan fingerprint density at radius 3 is 2.76 bits per heavy atom. The zero-order valence-corrected chi connectivity index (χ0v) is 13.7. The standard InChI is InChI=1S/C17H13ClF3N3O/c18-12-2-1-3-13(8-12)25-14-6-7-24(10-14)16-11(9-22)4-5-15(23-16)17(19,20)21/h1-5,8,14H,6-7,10H2. The van der Waals surface area contributed by atoms with E-state index in [1.54, 1.807) is 29.2 Å². The van der Waals surface area contributed by atoms with Crippen LogP contribution in [0.1, 0.15) is 17.7 Å².